The molecular weight excluding hydrogens is 386 g/mol. The maximum absolute atomic E-state index is 12.7. The number of rotatable bonds is 10. The van der Waals surface area contributed by atoms with E-state index in [0.717, 1.165) is 4.90 Å². The van der Waals surface area contributed by atoms with Crippen molar-refractivity contribution in [3.05, 3.63) is 0 Å². The number of amides is 4. The minimum atomic E-state index is -1.37. The van der Waals surface area contributed by atoms with E-state index >= 15 is 0 Å². The molecule has 0 radical (unpaired) electrons. The Bertz CT molecular complexity index is 654. The highest BCUT2D eigenvalue weighted by Crippen LogP contribution is 2.19. The number of nitrogens with one attached hydrogen (secondary N) is 2. The van der Waals surface area contributed by atoms with E-state index in [2.05, 4.69) is 10.6 Å². The van der Waals surface area contributed by atoms with Gasteiger partial charge in [-0.2, -0.15) is 0 Å². The van der Waals surface area contributed by atoms with Crippen LogP contribution in [0.5, 0.6) is 0 Å². The van der Waals surface area contributed by atoms with Crippen molar-refractivity contribution in [1.82, 2.24) is 15.5 Å². The van der Waals surface area contributed by atoms with E-state index in [9.17, 15) is 34.2 Å². The summed E-state index contributed by atoms with van der Waals surface area (Å²) in [5.41, 5.74) is 10.6. The van der Waals surface area contributed by atoms with E-state index < -0.39 is 59.9 Å². The van der Waals surface area contributed by atoms with Crippen LogP contribution in [0.15, 0.2) is 0 Å². The highest BCUT2D eigenvalue weighted by Gasteiger charge is 2.39. The molecule has 0 saturated carbocycles. The molecule has 12 heteroatoms. The fourth-order valence-electron chi connectivity index (χ4n) is 2.95. The molecule has 8 N–H and O–H groups in total. The molecule has 0 aliphatic carbocycles. The van der Waals surface area contributed by atoms with Crippen molar-refractivity contribution in [2.24, 2.45) is 11.5 Å². The van der Waals surface area contributed by atoms with Gasteiger partial charge in [0, 0.05) is 13.0 Å². The van der Waals surface area contributed by atoms with Crippen molar-refractivity contribution in [3.8, 4) is 0 Å². The summed E-state index contributed by atoms with van der Waals surface area (Å²) in [6.45, 7) is 2.85. The Morgan fingerprint density at radius 1 is 1.14 bits per heavy atom. The molecule has 0 aromatic rings. The first-order chi connectivity index (χ1) is 13.5. The number of nitrogens with zero attached hydrogens (tertiary/aromatic N) is 1. The van der Waals surface area contributed by atoms with E-state index in [0.29, 0.717) is 6.42 Å². The molecule has 0 aromatic carbocycles. The summed E-state index contributed by atoms with van der Waals surface area (Å²) in [6, 6.07) is -4.52. The smallest absolute Gasteiger partial charge is 0.326 e. The monoisotopic (exact) mass is 415 g/mol. The standard InChI is InChI=1S/C17H29N5O7/c1-8(20-15(26)10(18)5-6-12(19)24)14(25)21-13(9(2)23)16(27)22-7-3-4-11(22)17(28)29/h8-11,13,23H,3-7,18H2,1-2H3,(H2,19,24)(H,20,26)(H,21,25)(H,28,29). The number of hydrogen-bond donors (Lipinski definition) is 6. The first kappa shape index (κ1) is 24.3. The molecule has 1 rings (SSSR count). The summed E-state index contributed by atoms with van der Waals surface area (Å²) in [7, 11) is 0. The van der Waals surface area contributed by atoms with Crippen LogP contribution in [0.4, 0.5) is 0 Å². The Morgan fingerprint density at radius 3 is 2.28 bits per heavy atom. The van der Waals surface area contributed by atoms with Gasteiger partial charge in [-0.05, 0) is 33.1 Å². The van der Waals surface area contributed by atoms with Gasteiger partial charge in [0.25, 0.3) is 0 Å². The molecule has 0 bridgehead atoms. The first-order valence-corrected chi connectivity index (χ1v) is 9.31. The van der Waals surface area contributed by atoms with Crippen LogP contribution in [0.3, 0.4) is 0 Å². The maximum Gasteiger partial charge on any atom is 0.326 e. The van der Waals surface area contributed by atoms with Gasteiger partial charge in [-0.25, -0.2) is 4.79 Å². The number of aliphatic hydroxyl groups excluding tert-OH is 1. The quantitative estimate of drug-likeness (QED) is 0.217. The fraction of sp³-hybridized carbons (Fsp3) is 0.706. The molecular formula is C17H29N5O7. The van der Waals surface area contributed by atoms with E-state index in [1.54, 1.807) is 0 Å². The summed E-state index contributed by atoms with van der Waals surface area (Å²) in [5, 5.41) is 23.8. The molecule has 1 saturated heterocycles. The lowest BCUT2D eigenvalue weighted by Gasteiger charge is -2.29. The van der Waals surface area contributed by atoms with Gasteiger partial charge >= 0.3 is 5.97 Å². The molecule has 4 amide bonds. The van der Waals surface area contributed by atoms with Gasteiger partial charge in [0.2, 0.25) is 23.6 Å². The largest absolute Gasteiger partial charge is 0.480 e. The van der Waals surface area contributed by atoms with Gasteiger partial charge < -0.3 is 37.2 Å². The number of aliphatic hydroxyl groups is 1. The summed E-state index contributed by atoms with van der Waals surface area (Å²) in [5.74, 6) is -3.92. The van der Waals surface area contributed by atoms with Gasteiger partial charge in [-0.3, -0.25) is 19.2 Å². The SMILES string of the molecule is CC(NC(=O)C(N)CCC(N)=O)C(=O)NC(C(=O)N1CCCC1C(=O)O)C(C)O. The third-order valence-electron chi connectivity index (χ3n) is 4.66. The minimum absolute atomic E-state index is 0.00975. The Hall–Kier alpha value is -2.73. The number of nitrogens with two attached hydrogens (primary N) is 2. The lowest BCUT2D eigenvalue weighted by atomic mass is 10.1. The second kappa shape index (κ2) is 10.7. The summed E-state index contributed by atoms with van der Waals surface area (Å²) in [4.78, 5) is 60.2. The van der Waals surface area contributed by atoms with E-state index in [1.807, 2.05) is 0 Å². The zero-order chi connectivity index (χ0) is 22.3. The van der Waals surface area contributed by atoms with Crippen molar-refractivity contribution in [2.45, 2.75) is 69.8 Å². The maximum atomic E-state index is 12.7. The van der Waals surface area contributed by atoms with E-state index in [4.69, 9.17) is 11.5 Å². The first-order valence-electron chi connectivity index (χ1n) is 9.31. The third-order valence-corrected chi connectivity index (χ3v) is 4.66. The molecule has 12 nitrogen and oxygen atoms in total. The minimum Gasteiger partial charge on any atom is -0.480 e. The summed E-state index contributed by atoms with van der Waals surface area (Å²) < 4.78 is 0. The fourth-order valence-corrected chi connectivity index (χ4v) is 2.95. The van der Waals surface area contributed by atoms with Crippen molar-refractivity contribution < 1.29 is 34.2 Å². The van der Waals surface area contributed by atoms with Crippen LogP contribution in [0.2, 0.25) is 0 Å². The van der Waals surface area contributed by atoms with Crippen LogP contribution in [0, 0.1) is 0 Å². The molecule has 164 valence electrons. The predicted molar refractivity (Wildman–Crippen MR) is 100.0 cm³/mol. The van der Waals surface area contributed by atoms with Gasteiger partial charge in [-0.1, -0.05) is 0 Å². The zero-order valence-corrected chi connectivity index (χ0v) is 16.5. The van der Waals surface area contributed by atoms with Crippen LogP contribution in [-0.2, 0) is 24.0 Å². The molecule has 1 aliphatic heterocycles. The molecule has 5 unspecified atom stereocenters. The van der Waals surface area contributed by atoms with Gasteiger partial charge in [0.1, 0.15) is 18.1 Å². The number of carboxylic acids is 1. The van der Waals surface area contributed by atoms with Crippen molar-refractivity contribution in [2.75, 3.05) is 6.54 Å². The van der Waals surface area contributed by atoms with Crippen LogP contribution in [0.25, 0.3) is 0 Å². The Balaban J connectivity index is 2.72. The van der Waals surface area contributed by atoms with Crippen LogP contribution in [0.1, 0.15) is 39.5 Å². The van der Waals surface area contributed by atoms with Crippen molar-refractivity contribution in [1.29, 1.82) is 0 Å². The van der Waals surface area contributed by atoms with Crippen LogP contribution < -0.4 is 22.1 Å². The normalized spacial score (nSPS) is 20.3. The molecule has 1 aliphatic rings. The zero-order valence-electron chi connectivity index (χ0n) is 16.5. The molecule has 0 aromatic heterocycles. The Labute approximate surface area is 168 Å². The Kier molecular flexibility index (Phi) is 8.98. The average molecular weight is 415 g/mol. The number of carbonyl (C=O) groups is 5. The van der Waals surface area contributed by atoms with Gasteiger partial charge in [-0.15, -0.1) is 0 Å². The number of carboxylic acid groups (broad SMARTS) is 1. The van der Waals surface area contributed by atoms with E-state index in [-0.39, 0.29) is 25.8 Å². The van der Waals surface area contributed by atoms with Crippen molar-refractivity contribution >= 4 is 29.6 Å². The lowest BCUT2D eigenvalue weighted by Crippen LogP contribution is -2.59. The number of likely N-dealkylation sites (tertiary alicyclic amines) is 1. The topological polar surface area (TPSA) is 205 Å². The Morgan fingerprint density at radius 2 is 1.76 bits per heavy atom. The summed E-state index contributed by atoms with van der Waals surface area (Å²) in [6.07, 6.45) is -0.581. The second-order valence-corrected chi connectivity index (χ2v) is 7.10. The lowest BCUT2D eigenvalue weighted by molar-refractivity contribution is -0.150. The second-order valence-electron chi connectivity index (χ2n) is 7.10. The van der Waals surface area contributed by atoms with Crippen LogP contribution >= 0.6 is 0 Å². The van der Waals surface area contributed by atoms with Gasteiger partial charge in [0.15, 0.2) is 0 Å². The molecule has 29 heavy (non-hydrogen) atoms. The molecule has 1 fully saturated rings. The van der Waals surface area contributed by atoms with E-state index in [1.165, 1.54) is 13.8 Å². The van der Waals surface area contributed by atoms with Crippen LogP contribution in [-0.4, -0.2) is 81.5 Å². The number of carbonyl (C=O) groups excluding carboxylic acids is 4. The highest BCUT2D eigenvalue weighted by molar-refractivity contribution is 5.94. The molecule has 5 atom stereocenters. The molecule has 0 spiro atoms. The van der Waals surface area contributed by atoms with Crippen molar-refractivity contribution in [3.63, 3.8) is 0 Å². The highest BCUT2D eigenvalue weighted by atomic mass is 16.4. The average Bonchev–Trinajstić information content (AvgIpc) is 3.12. The van der Waals surface area contributed by atoms with Gasteiger partial charge in [0.05, 0.1) is 12.1 Å². The summed E-state index contributed by atoms with van der Waals surface area (Å²) >= 11 is 0. The predicted octanol–water partition coefficient (Wildman–Crippen LogP) is -2.97. The number of aliphatic carboxylic acids is 1. The molecule has 1 heterocycles. The third kappa shape index (κ3) is 6.98. The number of primary amides is 1. The number of hydrogen-bond acceptors (Lipinski definition) is 7.